The smallest absolute Gasteiger partial charge is 0.255 e. The van der Waals surface area contributed by atoms with Crippen LogP contribution < -0.4 is 15.4 Å². The molecule has 0 atom stereocenters. The van der Waals surface area contributed by atoms with Gasteiger partial charge in [0.05, 0.1) is 11.1 Å². The van der Waals surface area contributed by atoms with Crippen molar-refractivity contribution in [3.63, 3.8) is 0 Å². The molecule has 0 radical (unpaired) electrons. The molecule has 0 bridgehead atoms. The van der Waals surface area contributed by atoms with E-state index in [0.29, 0.717) is 33.8 Å². The lowest BCUT2D eigenvalue weighted by Gasteiger charge is -2.11. The van der Waals surface area contributed by atoms with E-state index in [-0.39, 0.29) is 11.8 Å². The third-order valence-electron chi connectivity index (χ3n) is 4.13. The quantitative estimate of drug-likeness (QED) is 0.512. The first-order valence-corrected chi connectivity index (χ1v) is 9.96. The van der Waals surface area contributed by atoms with Crippen LogP contribution in [-0.4, -0.2) is 18.4 Å². The maximum Gasteiger partial charge on any atom is 0.255 e. The molecule has 2 N–H and O–H groups in total. The van der Waals surface area contributed by atoms with Crippen molar-refractivity contribution < 1.29 is 14.3 Å². The molecule has 0 aromatic heterocycles. The summed E-state index contributed by atoms with van der Waals surface area (Å²) >= 11 is 3.47. The highest BCUT2D eigenvalue weighted by Crippen LogP contribution is 2.27. The van der Waals surface area contributed by atoms with Crippen LogP contribution in [0.1, 0.15) is 22.8 Å². The van der Waals surface area contributed by atoms with Gasteiger partial charge in [-0.25, -0.2) is 0 Å². The Morgan fingerprint density at radius 1 is 0.897 bits per heavy atom. The number of anilines is 2. The van der Waals surface area contributed by atoms with Gasteiger partial charge in [0.15, 0.2) is 0 Å². The van der Waals surface area contributed by atoms with E-state index in [4.69, 9.17) is 4.74 Å². The highest BCUT2D eigenvalue weighted by Gasteiger charge is 2.10. The maximum atomic E-state index is 12.6. The zero-order chi connectivity index (χ0) is 20.6. The standard InChI is InChI=1S/C23H21BrN2O3/c1-16(27)25-19-8-5-9-20(15-19)26-23(28)18-10-11-22(21(24)14-18)29-13-12-17-6-3-2-4-7-17/h2-11,14-15H,12-13H2,1H3,(H,25,27)(H,26,28). The summed E-state index contributed by atoms with van der Waals surface area (Å²) in [4.78, 5) is 23.7. The third kappa shape index (κ3) is 6.19. The number of carbonyl (C=O) groups is 2. The summed E-state index contributed by atoms with van der Waals surface area (Å²) < 4.78 is 6.54. The predicted molar refractivity (Wildman–Crippen MR) is 118 cm³/mol. The summed E-state index contributed by atoms with van der Waals surface area (Å²) in [5.41, 5.74) is 2.93. The van der Waals surface area contributed by atoms with E-state index in [0.717, 1.165) is 6.42 Å². The predicted octanol–water partition coefficient (Wildman–Crippen LogP) is 5.28. The van der Waals surface area contributed by atoms with Crippen LogP contribution in [0.25, 0.3) is 0 Å². The van der Waals surface area contributed by atoms with Gasteiger partial charge in [-0.2, -0.15) is 0 Å². The van der Waals surface area contributed by atoms with Crippen molar-refractivity contribution in [2.75, 3.05) is 17.2 Å². The molecule has 0 aliphatic rings. The minimum Gasteiger partial charge on any atom is -0.492 e. The van der Waals surface area contributed by atoms with Crippen molar-refractivity contribution >= 4 is 39.1 Å². The number of nitrogens with one attached hydrogen (secondary N) is 2. The average Bonchev–Trinajstić information content (AvgIpc) is 2.69. The molecule has 0 saturated heterocycles. The fourth-order valence-corrected chi connectivity index (χ4v) is 3.26. The van der Waals surface area contributed by atoms with Crippen LogP contribution in [0.15, 0.2) is 77.3 Å². The Labute approximate surface area is 178 Å². The monoisotopic (exact) mass is 452 g/mol. The van der Waals surface area contributed by atoms with E-state index in [1.165, 1.54) is 12.5 Å². The highest BCUT2D eigenvalue weighted by molar-refractivity contribution is 9.10. The molecule has 0 aliphatic carbocycles. The SMILES string of the molecule is CC(=O)Nc1cccc(NC(=O)c2ccc(OCCc3ccccc3)c(Br)c2)c1. The molecule has 6 heteroatoms. The Balaban J connectivity index is 1.60. The number of carbonyl (C=O) groups excluding carboxylic acids is 2. The third-order valence-corrected chi connectivity index (χ3v) is 4.75. The molecule has 0 aliphatic heterocycles. The number of halogens is 1. The fourth-order valence-electron chi connectivity index (χ4n) is 2.76. The Bertz CT molecular complexity index is 1010. The molecule has 0 unspecified atom stereocenters. The lowest BCUT2D eigenvalue weighted by molar-refractivity contribution is -0.114. The maximum absolute atomic E-state index is 12.6. The molecule has 3 aromatic rings. The second-order valence-electron chi connectivity index (χ2n) is 6.45. The second-order valence-corrected chi connectivity index (χ2v) is 7.30. The van der Waals surface area contributed by atoms with E-state index in [1.807, 2.05) is 18.2 Å². The second kappa shape index (κ2) is 9.89. The Morgan fingerprint density at radius 3 is 2.31 bits per heavy atom. The molecular formula is C23H21BrN2O3. The van der Waals surface area contributed by atoms with Crippen molar-refractivity contribution in [3.05, 3.63) is 88.4 Å². The number of amides is 2. The molecule has 0 heterocycles. The van der Waals surface area contributed by atoms with Gasteiger partial charge >= 0.3 is 0 Å². The lowest BCUT2D eigenvalue weighted by Crippen LogP contribution is -2.13. The zero-order valence-corrected chi connectivity index (χ0v) is 17.5. The average molecular weight is 453 g/mol. The van der Waals surface area contributed by atoms with Gasteiger partial charge in [-0.05, 0) is 57.9 Å². The normalized spacial score (nSPS) is 10.3. The molecule has 0 spiro atoms. The summed E-state index contributed by atoms with van der Waals surface area (Å²) in [6.45, 7) is 1.98. The fraction of sp³-hybridized carbons (Fsp3) is 0.130. The van der Waals surface area contributed by atoms with Crippen LogP contribution in [0.3, 0.4) is 0 Å². The van der Waals surface area contributed by atoms with Crippen molar-refractivity contribution in [2.45, 2.75) is 13.3 Å². The van der Waals surface area contributed by atoms with E-state index in [2.05, 4.69) is 38.7 Å². The summed E-state index contributed by atoms with van der Waals surface area (Å²) in [5, 5.41) is 5.52. The molecule has 148 valence electrons. The molecular weight excluding hydrogens is 432 g/mol. The van der Waals surface area contributed by atoms with Crippen LogP contribution in [0.4, 0.5) is 11.4 Å². The number of ether oxygens (including phenoxy) is 1. The first kappa shape index (κ1) is 20.6. The molecule has 0 fully saturated rings. The van der Waals surface area contributed by atoms with Crippen LogP contribution in [0, 0.1) is 0 Å². The largest absolute Gasteiger partial charge is 0.492 e. The van der Waals surface area contributed by atoms with Gasteiger partial charge in [-0.15, -0.1) is 0 Å². The van der Waals surface area contributed by atoms with Gasteiger partial charge in [0.2, 0.25) is 5.91 Å². The minimum absolute atomic E-state index is 0.166. The number of hydrogen-bond donors (Lipinski definition) is 2. The van der Waals surface area contributed by atoms with Crippen molar-refractivity contribution in [3.8, 4) is 5.75 Å². The van der Waals surface area contributed by atoms with Crippen LogP contribution in [-0.2, 0) is 11.2 Å². The van der Waals surface area contributed by atoms with E-state index in [9.17, 15) is 9.59 Å². The van der Waals surface area contributed by atoms with Crippen molar-refractivity contribution in [1.29, 1.82) is 0 Å². The first-order valence-electron chi connectivity index (χ1n) is 9.16. The number of benzene rings is 3. The number of hydrogen-bond acceptors (Lipinski definition) is 3. The Morgan fingerprint density at radius 2 is 1.62 bits per heavy atom. The van der Waals surface area contributed by atoms with Gasteiger partial charge < -0.3 is 15.4 Å². The lowest BCUT2D eigenvalue weighted by atomic mass is 10.1. The highest BCUT2D eigenvalue weighted by atomic mass is 79.9. The van der Waals surface area contributed by atoms with E-state index < -0.39 is 0 Å². The van der Waals surface area contributed by atoms with Gasteiger partial charge in [0, 0.05) is 30.3 Å². The molecule has 3 aromatic carbocycles. The zero-order valence-electron chi connectivity index (χ0n) is 15.9. The van der Waals surface area contributed by atoms with Gasteiger partial charge in [0.25, 0.3) is 5.91 Å². The first-order chi connectivity index (χ1) is 14.0. The topological polar surface area (TPSA) is 67.4 Å². The minimum atomic E-state index is -0.249. The Hall–Kier alpha value is -3.12. The van der Waals surface area contributed by atoms with E-state index >= 15 is 0 Å². The Kier molecular flexibility index (Phi) is 7.03. The van der Waals surface area contributed by atoms with Crippen LogP contribution in [0.5, 0.6) is 5.75 Å². The summed E-state index contributed by atoms with van der Waals surface area (Å²) in [5.74, 6) is 0.270. The summed E-state index contributed by atoms with van der Waals surface area (Å²) in [7, 11) is 0. The summed E-state index contributed by atoms with van der Waals surface area (Å²) in [6.07, 6.45) is 0.806. The molecule has 0 saturated carbocycles. The van der Waals surface area contributed by atoms with Crippen LogP contribution in [0.2, 0.25) is 0 Å². The molecule has 5 nitrogen and oxygen atoms in total. The molecule has 2 amide bonds. The van der Waals surface area contributed by atoms with Crippen molar-refractivity contribution in [2.24, 2.45) is 0 Å². The van der Waals surface area contributed by atoms with Gasteiger partial charge in [0.1, 0.15) is 5.75 Å². The molecule has 3 rings (SSSR count). The van der Waals surface area contributed by atoms with Crippen LogP contribution >= 0.6 is 15.9 Å². The summed E-state index contributed by atoms with van der Waals surface area (Å²) in [6, 6.07) is 22.3. The number of rotatable bonds is 7. The van der Waals surface area contributed by atoms with Crippen molar-refractivity contribution in [1.82, 2.24) is 0 Å². The van der Waals surface area contributed by atoms with E-state index in [1.54, 1.807) is 42.5 Å². The van der Waals surface area contributed by atoms with Gasteiger partial charge in [-0.1, -0.05) is 36.4 Å². The van der Waals surface area contributed by atoms with Gasteiger partial charge in [-0.3, -0.25) is 9.59 Å². The molecule has 29 heavy (non-hydrogen) atoms.